The van der Waals surface area contributed by atoms with E-state index in [4.69, 9.17) is 4.74 Å². The zero-order valence-electron chi connectivity index (χ0n) is 17.5. The van der Waals surface area contributed by atoms with Crippen LogP contribution in [0.25, 0.3) is 16.7 Å². The summed E-state index contributed by atoms with van der Waals surface area (Å²) in [5.41, 5.74) is 4.74. The first-order valence-corrected chi connectivity index (χ1v) is 10.6. The minimum absolute atomic E-state index is 0.472. The molecule has 0 spiro atoms. The number of rotatable bonds is 8. The van der Waals surface area contributed by atoms with Gasteiger partial charge in [0.05, 0.1) is 0 Å². The fraction of sp³-hybridized carbons (Fsp3) is 0.192. The molecule has 0 fully saturated rings. The van der Waals surface area contributed by atoms with Gasteiger partial charge in [-0.15, -0.1) is 11.8 Å². The van der Waals surface area contributed by atoms with Crippen LogP contribution in [0, 0.1) is 0 Å². The smallest absolute Gasteiger partial charge is 0.319 e. The summed E-state index contributed by atoms with van der Waals surface area (Å²) in [6, 6.07) is 26.4. The van der Waals surface area contributed by atoms with Crippen molar-refractivity contribution in [2.45, 2.75) is 30.4 Å². The predicted molar refractivity (Wildman–Crippen MR) is 125 cm³/mol. The molecule has 0 unspecified atom stereocenters. The molecule has 0 aromatic heterocycles. The Morgan fingerprint density at radius 3 is 2.13 bits per heavy atom. The number of ether oxygens (including phenoxy) is 1. The molecule has 30 heavy (non-hydrogen) atoms. The topological polar surface area (TPSA) is 46.5 Å². The van der Waals surface area contributed by atoms with Crippen LogP contribution in [-0.4, -0.2) is 22.4 Å². The van der Waals surface area contributed by atoms with E-state index in [2.05, 4.69) is 49.4 Å². The molecule has 0 bridgehead atoms. The molecule has 154 valence electrons. The number of aliphatic carboxylic acids is 1. The molecule has 3 aromatic rings. The second-order valence-corrected chi connectivity index (χ2v) is 9.23. The van der Waals surface area contributed by atoms with Gasteiger partial charge in [-0.1, -0.05) is 54.6 Å². The highest BCUT2D eigenvalue weighted by molar-refractivity contribution is 8.01. The minimum atomic E-state index is -0.863. The summed E-state index contributed by atoms with van der Waals surface area (Å²) >= 11 is 1.32. The van der Waals surface area contributed by atoms with Crippen molar-refractivity contribution < 1.29 is 14.6 Å². The van der Waals surface area contributed by atoms with E-state index in [-0.39, 0.29) is 0 Å². The van der Waals surface area contributed by atoms with E-state index in [0.717, 1.165) is 16.2 Å². The van der Waals surface area contributed by atoms with Crippen LogP contribution in [0.4, 0.5) is 0 Å². The molecule has 3 nitrogen and oxygen atoms in total. The highest BCUT2D eigenvalue weighted by atomic mass is 32.2. The molecule has 4 heteroatoms. The quantitative estimate of drug-likeness (QED) is 0.409. The summed E-state index contributed by atoms with van der Waals surface area (Å²) in [6.45, 7) is 5.95. The second kappa shape index (κ2) is 9.68. The fourth-order valence-corrected chi connectivity index (χ4v) is 3.83. The summed E-state index contributed by atoms with van der Waals surface area (Å²) in [6.07, 6.45) is 2.06. The highest BCUT2D eigenvalue weighted by Gasteiger charge is 2.28. The predicted octanol–water partition coefficient (Wildman–Crippen LogP) is 6.79. The summed E-state index contributed by atoms with van der Waals surface area (Å²) in [5.74, 6) is -0.0683. The molecule has 0 aliphatic heterocycles. The average molecular weight is 419 g/mol. The Labute approximate surface area is 182 Å². The van der Waals surface area contributed by atoms with Crippen molar-refractivity contribution in [2.75, 3.05) is 6.61 Å². The van der Waals surface area contributed by atoms with Crippen molar-refractivity contribution in [3.05, 3.63) is 90.5 Å². The van der Waals surface area contributed by atoms with Crippen LogP contribution in [0.1, 0.15) is 26.3 Å². The zero-order chi connectivity index (χ0) is 21.6. The molecule has 0 amide bonds. The average Bonchev–Trinajstić information content (AvgIpc) is 2.75. The van der Waals surface area contributed by atoms with E-state index in [9.17, 15) is 9.90 Å². The van der Waals surface area contributed by atoms with E-state index >= 15 is 0 Å². The molecule has 0 saturated heterocycles. The first-order valence-electron chi connectivity index (χ1n) is 9.83. The van der Waals surface area contributed by atoms with Crippen molar-refractivity contribution in [3.8, 4) is 16.9 Å². The summed E-state index contributed by atoms with van der Waals surface area (Å²) in [4.78, 5) is 12.2. The van der Waals surface area contributed by atoms with E-state index in [1.807, 2.05) is 42.5 Å². The minimum Gasteiger partial charge on any atom is -0.490 e. The van der Waals surface area contributed by atoms with Crippen molar-refractivity contribution in [2.24, 2.45) is 0 Å². The van der Waals surface area contributed by atoms with E-state index in [0.29, 0.717) is 6.61 Å². The van der Waals surface area contributed by atoms with Crippen LogP contribution in [-0.2, 0) is 4.79 Å². The number of carboxylic acid groups (broad SMARTS) is 1. The second-order valence-electron chi connectivity index (χ2n) is 7.53. The maximum absolute atomic E-state index is 11.3. The van der Waals surface area contributed by atoms with Gasteiger partial charge in [0.1, 0.15) is 17.1 Å². The number of benzene rings is 3. The SMILES string of the molecule is C/C(=C\COc1ccc(SC(C)(C)C(=O)O)cc1)c1ccc(-c2ccccc2)cc1. The Hall–Kier alpha value is -2.98. The molecule has 0 aliphatic rings. The van der Waals surface area contributed by atoms with Gasteiger partial charge < -0.3 is 9.84 Å². The summed E-state index contributed by atoms with van der Waals surface area (Å²) in [7, 11) is 0. The molecule has 0 heterocycles. The van der Waals surface area contributed by atoms with Gasteiger partial charge in [-0.05, 0) is 73.4 Å². The third-order valence-corrected chi connectivity index (χ3v) is 5.99. The van der Waals surface area contributed by atoms with Crippen LogP contribution in [0.5, 0.6) is 5.75 Å². The van der Waals surface area contributed by atoms with Crippen molar-refractivity contribution >= 4 is 23.3 Å². The maximum atomic E-state index is 11.3. The first-order chi connectivity index (χ1) is 14.3. The van der Waals surface area contributed by atoms with Gasteiger partial charge in [0.25, 0.3) is 0 Å². The van der Waals surface area contributed by atoms with Gasteiger partial charge >= 0.3 is 5.97 Å². The monoisotopic (exact) mass is 418 g/mol. The van der Waals surface area contributed by atoms with Gasteiger partial charge in [-0.2, -0.15) is 0 Å². The molecular weight excluding hydrogens is 392 g/mol. The lowest BCUT2D eigenvalue weighted by atomic mass is 10.0. The lowest BCUT2D eigenvalue weighted by molar-refractivity contribution is -0.138. The number of thioether (sulfide) groups is 1. The van der Waals surface area contributed by atoms with Crippen LogP contribution >= 0.6 is 11.8 Å². The molecule has 3 rings (SSSR count). The van der Waals surface area contributed by atoms with E-state index in [1.54, 1.807) is 13.8 Å². The number of carbonyl (C=O) groups is 1. The molecule has 0 radical (unpaired) electrons. The van der Waals surface area contributed by atoms with Gasteiger partial charge in [-0.3, -0.25) is 4.79 Å². The Kier molecular flexibility index (Phi) is 7.01. The van der Waals surface area contributed by atoms with Crippen LogP contribution in [0.2, 0.25) is 0 Å². The standard InChI is InChI=1S/C26H26O3S/c1-19(20-9-11-22(12-10-20)21-7-5-4-6-8-21)17-18-29-23-13-15-24(16-14-23)30-26(2,3)25(27)28/h4-17H,18H2,1-3H3,(H,27,28)/b19-17+. The third-order valence-electron chi connectivity index (χ3n) is 4.80. The number of hydrogen-bond acceptors (Lipinski definition) is 3. The molecule has 3 aromatic carbocycles. The van der Waals surface area contributed by atoms with Crippen LogP contribution in [0.3, 0.4) is 0 Å². The third kappa shape index (κ3) is 5.77. The van der Waals surface area contributed by atoms with Gasteiger partial charge in [0, 0.05) is 4.90 Å². The maximum Gasteiger partial charge on any atom is 0.319 e. The molecule has 1 N–H and O–H groups in total. The number of carboxylic acids is 1. The molecule has 0 aliphatic carbocycles. The largest absolute Gasteiger partial charge is 0.490 e. The Bertz CT molecular complexity index is 1000. The summed E-state index contributed by atoms with van der Waals surface area (Å²) < 4.78 is 4.96. The number of hydrogen-bond donors (Lipinski definition) is 1. The molecular formula is C26H26O3S. The summed E-state index contributed by atoms with van der Waals surface area (Å²) in [5, 5.41) is 9.24. The van der Waals surface area contributed by atoms with Crippen molar-refractivity contribution in [3.63, 3.8) is 0 Å². The number of allylic oxidation sites excluding steroid dienone is 1. The van der Waals surface area contributed by atoms with Crippen LogP contribution < -0.4 is 4.74 Å². The van der Waals surface area contributed by atoms with E-state index < -0.39 is 10.7 Å². The van der Waals surface area contributed by atoms with E-state index in [1.165, 1.54) is 28.5 Å². The highest BCUT2D eigenvalue weighted by Crippen LogP contribution is 2.33. The lowest BCUT2D eigenvalue weighted by Gasteiger charge is -2.18. The lowest BCUT2D eigenvalue weighted by Crippen LogP contribution is -2.26. The Morgan fingerprint density at radius 2 is 1.53 bits per heavy atom. The van der Waals surface area contributed by atoms with Gasteiger partial charge in [0.15, 0.2) is 0 Å². The normalized spacial score (nSPS) is 11.9. The van der Waals surface area contributed by atoms with Gasteiger partial charge in [-0.25, -0.2) is 0 Å². The first kappa shape index (κ1) is 21.7. The van der Waals surface area contributed by atoms with Crippen molar-refractivity contribution in [1.82, 2.24) is 0 Å². The Balaban J connectivity index is 1.56. The van der Waals surface area contributed by atoms with Gasteiger partial charge in [0.2, 0.25) is 0 Å². The Morgan fingerprint density at radius 1 is 0.933 bits per heavy atom. The zero-order valence-corrected chi connectivity index (χ0v) is 18.3. The molecule has 0 saturated carbocycles. The molecule has 0 atom stereocenters. The van der Waals surface area contributed by atoms with Crippen LogP contribution in [0.15, 0.2) is 89.8 Å². The fourth-order valence-electron chi connectivity index (χ4n) is 2.88. The van der Waals surface area contributed by atoms with Crippen molar-refractivity contribution in [1.29, 1.82) is 0 Å².